The van der Waals surface area contributed by atoms with Gasteiger partial charge in [0.25, 0.3) is 0 Å². The summed E-state index contributed by atoms with van der Waals surface area (Å²) in [4.78, 5) is 8.90. The van der Waals surface area contributed by atoms with Crippen molar-refractivity contribution >= 4 is 22.9 Å². The van der Waals surface area contributed by atoms with Gasteiger partial charge in [-0.2, -0.15) is 5.10 Å². The first-order valence-electron chi connectivity index (χ1n) is 9.43. The summed E-state index contributed by atoms with van der Waals surface area (Å²) in [5.74, 6) is -0.216. The fraction of sp³-hybridized carbons (Fsp3) is 0.400. The molecule has 1 aromatic carbocycles. The van der Waals surface area contributed by atoms with Crippen molar-refractivity contribution in [1.82, 2.24) is 19.5 Å². The van der Waals surface area contributed by atoms with Gasteiger partial charge in [0.15, 0.2) is 5.65 Å². The van der Waals surface area contributed by atoms with Crippen LogP contribution < -0.4 is 4.90 Å². The van der Waals surface area contributed by atoms with Crippen LogP contribution in [0.5, 0.6) is 0 Å². The highest BCUT2D eigenvalue weighted by Gasteiger charge is 2.20. The Kier molecular flexibility index (Phi) is 5.27. The molecule has 1 fully saturated rings. The summed E-state index contributed by atoms with van der Waals surface area (Å²) in [6, 6.07) is 8.83. The summed E-state index contributed by atoms with van der Waals surface area (Å²) < 4.78 is 16.5. The van der Waals surface area contributed by atoms with E-state index in [1.165, 1.54) is 12.8 Å². The number of nitrogens with zero attached hydrogens (tertiary/aromatic N) is 5. The average Bonchev–Trinajstić information content (AvgIpc) is 3.10. The standard InChI is InChI=1S/C20H23ClFN5/c1-2-3-8-25-9-11-26(12-10-25)17-5-4-15(13-16(17)22)18-14-23-20-7-6-19(21)24-27(18)20/h4-7,13-14H,2-3,8-12H2,1H3. The van der Waals surface area contributed by atoms with Gasteiger partial charge in [-0.05, 0) is 37.2 Å². The molecule has 0 atom stereocenters. The molecule has 0 spiro atoms. The minimum absolute atomic E-state index is 0.216. The predicted octanol–water partition coefficient (Wildman–Crippen LogP) is 4.11. The SMILES string of the molecule is CCCCN1CCN(c2ccc(-c3cnc4ccc(Cl)nn34)cc2F)CC1. The summed E-state index contributed by atoms with van der Waals surface area (Å²) in [6.45, 7) is 7.02. The molecule has 27 heavy (non-hydrogen) atoms. The van der Waals surface area contributed by atoms with Crippen LogP contribution in [0.15, 0.2) is 36.5 Å². The number of piperazine rings is 1. The summed E-state index contributed by atoms with van der Waals surface area (Å²) in [6.07, 6.45) is 4.12. The van der Waals surface area contributed by atoms with Gasteiger partial charge in [-0.25, -0.2) is 13.9 Å². The molecule has 7 heteroatoms. The fourth-order valence-electron chi connectivity index (χ4n) is 3.56. The molecule has 0 saturated carbocycles. The first-order valence-corrected chi connectivity index (χ1v) is 9.81. The van der Waals surface area contributed by atoms with Crippen LogP contribution in [-0.2, 0) is 0 Å². The number of benzene rings is 1. The zero-order chi connectivity index (χ0) is 18.8. The van der Waals surface area contributed by atoms with Crippen molar-refractivity contribution in [2.75, 3.05) is 37.6 Å². The minimum Gasteiger partial charge on any atom is -0.367 e. The van der Waals surface area contributed by atoms with E-state index >= 15 is 0 Å². The topological polar surface area (TPSA) is 36.7 Å². The number of unbranched alkanes of at least 4 members (excludes halogenated alkanes) is 1. The van der Waals surface area contributed by atoms with E-state index in [-0.39, 0.29) is 5.82 Å². The molecule has 0 aliphatic carbocycles. The molecule has 4 rings (SSSR count). The van der Waals surface area contributed by atoms with Crippen LogP contribution in [0.25, 0.3) is 16.9 Å². The molecule has 142 valence electrons. The lowest BCUT2D eigenvalue weighted by molar-refractivity contribution is 0.253. The Labute approximate surface area is 163 Å². The third-order valence-corrected chi connectivity index (χ3v) is 5.32. The fourth-order valence-corrected chi connectivity index (χ4v) is 3.70. The summed E-state index contributed by atoms with van der Waals surface area (Å²) >= 11 is 5.99. The zero-order valence-corrected chi connectivity index (χ0v) is 16.2. The van der Waals surface area contributed by atoms with Gasteiger partial charge in [-0.3, -0.25) is 4.90 Å². The maximum absolute atomic E-state index is 14.9. The van der Waals surface area contributed by atoms with E-state index < -0.39 is 0 Å². The minimum atomic E-state index is -0.216. The maximum atomic E-state index is 14.9. The van der Waals surface area contributed by atoms with Gasteiger partial charge >= 0.3 is 0 Å². The number of fused-ring (bicyclic) bond motifs is 1. The smallest absolute Gasteiger partial charge is 0.154 e. The van der Waals surface area contributed by atoms with Gasteiger partial charge in [-0.15, -0.1) is 0 Å². The second-order valence-corrected chi connectivity index (χ2v) is 7.31. The number of anilines is 1. The van der Waals surface area contributed by atoms with Crippen molar-refractivity contribution in [2.45, 2.75) is 19.8 Å². The van der Waals surface area contributed by atoms with Crippen LogP contribution in [0.2, 0.25) is 5.15 Å². The second kappa shape index (κ2) is 7.82. The average molecular weight is 388 g/mol. The van der Waals surface area contributed by atoms with Crippen LogP contribution in [0.3, 0.4) is 0 Å². The summed E-state index contributed by atoms with van der Waals surface area (Å²) in [5, 5.41) is 4.64. The first-order chi connectivity index (χ1) is 13.2. The maximum Gasteiger partial charge on any atom is 0.154 e. The Morgan fingerprint density at radius 3 is 2.67 bits per heavy atom. The van der Waals surface area contributed by atoms with Crippen molar-refractivity contribution in [2.24, 2.45) is 0 Å². The lowest BCUT2D eigenvalue weighted by Gasteiger charge is -2.36. The molecule has 0 N–H and O–H groups in total. The van der Waals surface area contributed by atoms with E-state index in [1.807, 2.05) is 12.1 Å². The number of rotatable bonds is 5. The predicted molar refractivity (Wildman–Crippen MR) is 107 cm³/mol. The van der Waals surface area contributed by atoms with Gasteiger partial charge in [-0.1, -0.05) is 31.0 Å². The lowest BCUT2D eigenvalue weighted by Crippen LogP contribution is -2.46. The molecule has 2 aromatic heterocycles. The highest BCUT2D eigenvalue weighted by Crippen LogP contribution is 2.28. The van der Waals surface area contributed by atoms with Gasteiger partial charge in [0.2, 0.25) is 0 Å². The molecule has 3 aromatic rings. The lowest BCUT2D eigenvalue weighted by atomic mass is 10.1. The van der Waals surface area contributed by atoms with Gasteiger partial charge in [0.1, 0.15) is 11.0 Å². The first kappa shape index (κ1) is 18.2. The van der Waals surface area contributed by atoms with Crippen LogP contribution >= 0.6 is 11.6 Å². The molecule has 5 nitrogen and oxygen atoms in total. The van der Waals surface area contributed by atoms with Gasteiger partial charge in [0, 0.05) is 31.7 Å². The number of aromatic nitrogens is 3. The van der Waals surface area contributed by atoms with Crippen molar-refractivity contribution in [3.8, 4) is 11.3 Å². The Hall–Kier alpha value is -2.18. The summed E-state index contributed by atoms with van der Waals surface area (Å²) in [5.41, 5.74) is 2.80. The van der Waals surface area contributed by atoms with E-state index in [9.17, 15) is 4.39 Å². The molecule has 1 aliphatic heterocycles. The number of halogens is 2. The normalized spacial score (nSPS) is 15.6. The van der Waals surface area contributed by atoms with Crippen LogP contribution in [0.1, 0.15) is 19.8 Å². The largest absolute Gasteiger partial charge is 0.367 e. The molecule has 1 saturated heterocycles. The quantitative estimate of drug-likeness (QED) is 0.660. The number of hydrogen-bond acceptors (Lipinski definition) is 4. The Morgan fingerprint density at radius 2 is 1.93 bits per heavy atom. The Balaban J connectivity index is 1.54. The molecule has 0 radical (unpaired) electrons. The highest BCUT2D eigenvalue weighted by atomic mass is 35.5. The van der Waals surface area contributed by atoms with Crippen molar-refractivity contribution in [1.29, 1.82) is 0 Å². The third kappa shape index (κ3) is 3.77. The number of hydrogen-bond donors (Lipinski definition) is 0. The zero-order valence-electron chi connectivity index (χ0n) is 15.4. The Morgan fingerprint density at radius 1 is 1.11 bits per heavy atom. The highest BCUT2D eigenvalue weighted by molar-refractivity contribution is 6.29. The molecular formula is C20H23ClFN5. The van der Waals surface area contributed by atoms with E-state index in [4.69, 9.17) is 11.6 Å². The molecule has 3 heterocycles. The van der Waals surface area contributed by atoms with Crippen molar-refractivity contribution in [3.05, 3.63) is 47.5 Å². The molecular weight excluding hydrogens is 365 g/mol. The van der Waals surface area contributed by atoms with Crippen molar-refractivity contribution in [3.63, 3.8) is 0 Å². The van der Waals surface area contributed by atoms with Gasteiger partial charge < -0.3 is 4.90 Å². The molecule has 0 unspecified atom stereocenters. The monoisotopic (exact) mass is 387 g/mol. The van der Waals surface area contributed by atoms with E-state index in [0.717, 1.165) is 44.0 Å². The molecule has 0 bridgehead atoms. The van der Waals surface area contributed by atoms with Crippen LogP contribution in [0, 0.1) is 5.82 Å². The number of imidazole rings is 1. The van der Waals surface area contributed by atoms with Crippen LogP contribution in [0.4, 0.5) is 10.1 Å². The van der Waals surface area contributed by atoms with Crippen molar-refractivity contribution < 1.29 is 4.39 Å². The van der Waals surface area contributed by atoms with E-state index in [1.54, 1.807) is 28.9 Å². The molecule has 0 amide bonds. The van der Waals surface area contributed by atoms with Gasteiger partial charge in [0.05, 0.1) is 17.6 Å². The third-order valence-electron chi connectivity index (χ3n) is 5.11. The Bertz CT molecular complexity index is 933. The van der Waals surface area contributed by atoms with E-state index in [2.05, 4.69) is 26.8 Å². The van der Waals surface area contributed by atoms with Crippen LogP contribution in [-0.4, -0.2) is 52.2 Å². The second-order valence-electron chi connectivity index (χ2n) is 6.92. The van der Waals surface area contributed by atoms with E-state index in [0.29, 0.717) is 16.5 Å². The molecule has 1 aliphatic rings. The summed E-state index contributed by atoms with van der Waals surface area (Å²) in [7, 11) is 0.